The minimum Gasteiger partial charge on any atom is -0.447 e. The monoisotopic (exact) mass is 2010 g/mol. The Hall–Kier alpha value is -10.2. The van der Waals surface area contributed by atoms with Gasteiger partial charge in [-0.05, 0) is 102 Å². The van der Waals surface area contributed by atoms with Crippen molar-refractivity contribution in [2.24, 2.45) is 0 Å². The van der Waals surface area contributed by atoms with E-state index in [1.807, 2.05) is 0 Å². The second kappa shape index (κ2) is 40.8. The van der Waals surface area contributed by atoms with Crippen molar-refractivity contribution in [1.29, 1.82) is 0 Å². The van der Waals surface area contributed by atoms with Crippen LogP contribution in [-0.2, 0) is 117 Å². The van der Waals surface area contributed by atoms with Crippen molar-refractivity contribution in [2.45, 2.75) is 139 Å². The van der Waals surface area contributed by atoms with Gasteiger partial charge in [-0.15, -0.1) is 0 Å². The molecular formula is C77H86FN9O38P8. The number of aliphatic hydroxyl groups is 1. The molecule has 0 spiro atoms. The van der Waals surface area contributed by atoms with Crippen molar-refractivity contribution < 1.29 is 183 Å². The van der Waals surface area contributed by atoms with Gasteiger partial charge in [0.05, 0.1) is 60.0 Å². The third-order valence-corrected chi connectivity index (χ3v) is 37.6. The number of halogens is 1. The molecule has 5 fully saturated rings. The van der Waals surface area contributed by atoms with Crippen molar-refractivity contribution >= 4 is 108 Å². The molecule has 133 heavy (non-hydrogen) atoms. The standard InChI is InChI=1S/C20H21FN2O9P2.C20H19N3O10P2.C20H22N2O9P2.C16H20N2O10P2.CH4/c1-13(2)29-19(24)30-16-8-4-3-7-15(16)18-31-33(25,26)20(21,34(27,28)32-18)11-14-12-22-17-9-5-6-10-23(14)17;24-19-23(9-10-30-19)20(25)31-15-6-2-1-5-14(15)18-32-34(26,27)17(35(28,29)33-18)11-13-12-21-16-7-3-4-8-22(13)16;1-13(2)28-20(23)29-16-8-4-3-7-15(16)19-30-32(24,25)18(33(26,27)31-19)11-14-12-21-17-9-5-6-10-22(14)17;1-11(2)25-15(19)26-13-6-4-3-5-12(13)14-27-29(21,22)16(20,30(23,24)28-14)9-18-8-7-17-10-18;/h3-10,12-13,18H,11H2,1-2H3,(H,25,26)(H,27,28);1-8,12,17-18H,9-11H2,(H,26,27)(H,28,29);3-10,12-13,18-19H,11H2,1-2H3,(H,24,25)(H,26,27);3-8,10-11,14,20H,9H2,1-2H3,(H,21,22)(H,23,24);1H4. The first-order chi connectivity index (χ1) is 62.1. The lowest BCUT2D eigenvalue weighted by atomic mass is 10.2. The number of carbonyl (C=O) groups is 5. The Morgan fingerprint density at radius 3 is 1.09 bits per heavy atom. The summed E-state index contributed by atoms with van der Waals surface area (Å²) in [5, 5.41) is 0.299. The first-order valence-electron chi connectivity index (χ1n) is 39.0. The number of benzene rings is 4. The lowest BCUT2D eigenvalue weighted by Gasteiger charge is -2.41. The number of cyclic esters (lactones) is 1. The van der Waals surface area contributed by atoms with E-state index in [-0.39, 0.29) is 84.4 Å². The Bertz CT molecular complexity index is 6460. The van der Waals surface area contributed by atoms with Crippen LogP contribution in [-0.4, -0.2) is 170 Å². The van der Waals surface area contributed by atoms with Gasteiger partial charge in [0.2, 0.25) is 25.2 Å². The summed E-state index contributed by atoms with van der Waals surface area (Å²) in [5.74, 6) is -0.713. The molecule has 714 valence electrons. The van der Waals surface area contributed by atoms with Gasteiger partial charge in [-0.25, -0.2) is 53.2 Å². The second-order valence-electron chi connectivity index (χ2n) is 29.7. The second-order valence-corrected chi connectivity index (χ2v) is 46.9. The minimum atomic E-state index is -5.47. The van der Waals surface area contributed by atoms with Gasteiger partial charge in [0, 0.05) is 85.9 Å². The van der Waals surface area contributed by atoms with Crippen molar-refractivity contribution in [3.8, 4) is 23.0 Å². The molecular weight excluding hydrogens is 1930 g/mol. The summed E-state index contributed by atoms with van der Waals surface area (Å²) in [7, 11) is -40.1. The van der Waals surface area contributed by atoms with Crippen molar-refractivity contribution in [3.05, 3.63) is 247 Å². The van der Waals surface area contributed by atoms with Crippen molar-refractivity contribution in [2.75, 3.05) is 13.2 Å². The molecule has 8 unspecified atom stereocenters. The van der Waals surface area contributed by atoms with Gasteiger partial charge in [0.25, 0.3) is 5.08 Å². The molecule has 7 aromatic heterocycles. The van der Waals surface area contributed by atoms with E-state index in [0.29, 0.717) is 28.3 Å². The number of carbonyl (C=O) groups excluding carboxylic acids is 5. The zero-order valence-corrected chi connectivity index (χ0v) is 76.6. The molecule has 5 saturated heterocycles. The molecule has 16 rings (SSSR count). The molecule has 0 bridgehead atoms. The van der Waals surface area contributed by atoms with Crippen molar-refractivity contribution in [1.82, 2.24) is 42.6 Å². The maximum atomic E-state index is 15.9. The molecule has 56 heteroatoms. The Morgan fingerprint density at radius 1 is 0.444 bits per heavy atom. The number of imide groups is 1. The molecule has 0 saturated carbocycles. The Balaban J connectivity index is 0.000000160. The summed E-state index contributed by atoms with van der Waals surface area (Å²) in [6.07, 6.45) is -2.78. The van der Waals surface area contributed by atoms with Gasteiger partial charge in [0.1, 0.15) is 46.5 Å². The van der Waals surface area contributed by atoms with E-state index >= 15 is 4.39 Å². The van der Waals surface area contributed by atoms with Crippen LogP contribution >= 0.6 is 60.8 Å². The molecule has 9 N–H and O–H groups in total. The van der Waals surface area contributed by atoms with Gasteiger partial charge in [-0.3, -0.25) is 72.7 Å². The van der Waals surface area contributed by atoms with Crippen LogP contribution in [0.15, 0.2) is 208 Å². The molecule has 5 aliphatic rings. The number of alkyl halides is 1. The van der Waals surface area contributed by atoms with E-state index in [4.69, 9.17) is 74.1 Å². The Labute approximate surface area is 752 Å². The smallest absolute Gasteiger partial charge is 0.447 e. The minimum absolute atomic E-state index is 0. The van der Waals surface area contributed by atoms with E-state index in [2.05, 4.69) is 19.9 Å². The Kier molecular flexibility index (Phi) is 31.2. The fourth-order valence-corrected chi connectivity index (χ4v) is 27.7. The number of fused-ring (bicyclic) bond motifs is 3. The lowest BCUT2D eigenvalue weighted by Crippen LogP contribution is -2.39. The summed E-state index contributed by atoms with van der Waals surface area (Å²) < 4.78 is 207. The van der Waals surface area contributed by atoms with Crippen LogP contribution in [0.4, 0.5) is 28.4 Å². The summed E-state index contributed by atoms with van der Waals surface area (Å²) >= 11 is 0. The van der Waals surface area contributed by atoms with Crippen molar-refractivity contribution in [3.63, 3.8) is 0 Å². The first kappa shape index (κ1) is 102. The number of amides is 2. The third-order valence-electron chi connectivity index (χ3n) is 19.3. The van der Waals surface area contributed by atoms with E-state index in [1.54, 1.807) is 117 Å². The largest absolute Gasteiger partial charge is 0.514 e. The Morgan fingerprint density at radius 2 is 0.759 bits per heavy atom. The number of nitrogens with zero attached hydrogens (tertiary/aromatic N) is 9. The zero-order chi connectivity index (χ0) is 95.5. The SMILES string of the molecule is C.CC(C)OC(=O)Oc1ccccc1C1OP(=O)(O)C(Cc2cnc3ccccn23)P(=O)(O)O1.CC(C)OC(=O)Oc1ccccc1C1OP(=O)(O)C(F)(Cc2cnc3ccccn23)P(=O)(O)O1.CC(C)OC(=O)Oc1ccccc1C1OP(=O)(O)C(O)(Cn2ccnc2)P(=O)(O)O1.O=C1OCCN1C(=O)Oc1ccccc1C1OP(=O)(O)C(Cc2cnc3ccccn23)P(=O)(O)O1. The molecule has 8 atom stereocenters. The maximum absolute atomic E-state index is 15.9. The average molecular weight is 2010 g/mol. The molecule has 0 radical (unpaired) electrons. The van der Waals surface area contributed by atoms with Gasteiger partial charge >= 0.3 is 96.6 Å². The predicted octanol–water partition coefficient (Wildman–Crippen LogP) is 15.3. The highest BCUT2D eigenvalue weighted by molar-refractivity contribution is 7.74. The fraction of sp³-hybridized carbons (Fsp3) is 0.312. The molecule has 12 heterocycles. The number of hydrogen-bond acceptors (Lipinski definition) is 34. The molecule has 2 amide bonds. The zero-order valence-electron chi connectivity index (χ0n) is 69.4. The van der Waals surface area contributed by atoms with Crippen LogP contribution in [0.3, 0.4) is 0 Å². The number of para-hydroxylation sites is 4. The average Bonchev–Trinajstić information content (AvgIpc) is 1.28. The first-order valence-corrected chi connectivity index (χ1v) is 51.9. The predicted molar refractivity (Wildman–Crippen MR) is 457 cm³/mol. The highest BCUT2D eigenvalue weighted by Gasteiger charge is 2.71. The van der Waals surface area contributed by atoms with E-state index in [0.717, 1.165) is 9.47 Å². The van der Waals surface area contributed by atoms with Gasteiger partial charge in [0.15, 0.2) is 10.8 Å². The summed E-state index contributed by atoms with van der Waals surface area (Å²) in [5.41, 5.74) is 1.98. The number of pyridine rings is 3. The summed E-state index contributed by atoms with van der Waals surface area (Å²) in [6.45, 7) is 8.86. The van der Waals surface area contributed by atoms with Crippen LogP contribution in [0.1, 0.15) is 113 Å². The molecule has 4 aromatic carbocycles. The van der Waals surface area contributed by atoms with Gasteiger partial charge < -0.3 is 99.9 Å². The van der Waals surface area contributed by atoms with Crippen LogP contribution in [0.5, 0.6) is 23.0 Å². The number of ether oxygens (including phenoxy) is 8. The topological polar surface area (TPSA) is 625 Å². The fourth-order valence-electron chi connectivity index (χ4n) is 13.1. The summed E-state index contributed by atoms with van der Waals surface area (Å²) in [4.78, 5) is 161. The molecule has 5 aliphatic heterocycles. The maximum Gasteiger partial charge on any atom is 0.514 e. The molecule has 0 aliphatic carbocycles. The highest BCUT2D eigenvalue weighted by Crippen LogP contribution is 2.82. The number of aromatic nitrogens is 8. The quantitative estimate of drug-likeness (QED) is 0.0157. The highest BCUT2D eigenvalue weighted by atomic mass is 31.3. The number of rotatable bonds is 19. The number of imidazole rings is 4. The normalized spacial score (nSPS) is 29.0. The van der Waals surface area contributed by atoms with Crippen LogP contribution in [0.2, 0.25) is 0 Å². The van der Waals surface area contributed by atoms with Crippen LogP contribution < -0.4 is 18.9 Å². The number of hydrogen-bond donors (Lipinski definition) is 9. The lowest BCUT2D eigenvalue weighted by molar-refractivity contribution is -0.0619. The van der Waals surface area contributed by atoms with E-state index in [1.165, 1.54) is 145 Å². The molecule has 11 aromatic rings. The van der Waals surface area contributed by atoms with Crippen LogP contribution in [0.25, 0.3) is 16.9 Å². The van der Waals surface area contributed by atoms with Crippen LogP contribution in [0, 0.1) is 0 Å². The molecule has 47 nitrogen and oxygen atoms in total. The van der Waals surface area contributed by atoms with E-state index in [9.17, 15) is 105 Å². The third kappa shape index (κ3) is 22.8. The van der Waals surface area contributed by atoms with Gasteiger partial charge in [-0.1, -0.05) is 98.4 Å². The van der Waals surface area contributed by atoms with E-state index < -0.39 is 169 Å². The van der Waals surface area contributed by atoms with Gasteiger partial charge in [-0.2, -0.15) is 0 Å². The summed E-state index contributed by atoms with van der Waals surface area (Å²) in [6, 6.07) is 37.8.